The molecule has 3 aromatic heterocycles. The summed E-state index contributed by atoms with van der Waals surface area (Å²) in [5.74, 6) is 0.368. The predicted molar refractivity (Wildman–Crippen MR) is 127 cm³/mol. The summed E-state index contributed by atoms with van der Waals surface area (Å²) < 4.78 is 6.72. The normalized spacial score (nSPS) is 11.2. The maximum atomic E-state index is 11.0. The lowest BCUT2D eigenvalue weighted by Crippen LogP contribution is -1.99. The fourth-order valence-electron chi connectivity index (χ4n) is 3.32. The van der Waals surface area contributed by atoms with Crippen molar-refractivity contribution < 1.29 is 14.6 Å². The molecule has 5 aromatic rings. The second kappa shape index (κ2) is 8.70. The summed E-state index contributed by atoms with van der Waals surface area (Å²) in [6.45, 7) is 0.354. The zero-order valence-electron chi connectivity index (χ0n) is 16.4. The minimum absolute atomic E-state index is 0.0175. The molecule has 2 N–H and O–H groups in total. The fraction of sp³-hybridized carbons (Fsp3) is 0.0909. The molecule has 10 heteroatoms. The number of fused-ring (bicyclic) bond motifs is 3. The molecule has 0 aliphatic rings. The molecule has 32 heavy (non-hydrogen) atoms. The van der Waals surface area contributed by atoms with Crippen LogP contribution in [0.4, 0.5) is 11.5 Å². The van der Waals surface area contributed by atoms with E-state index >= 15 is 0 Å². The van der Waals surface area contributed by atoms with Crippen LogP contribution in [0.25, 0.3) is 20.3 Å². The summed E-state index contributed by atoms with van der Waals surface area (Å²) in [6, 6.07) is 11.1. The summed E-state index contributed by atoms with van der Waals surface area (Å²) in [5.41, 5.74) is 4.13. The highest BCUT2D eigenvalue weighted by Crippen LogP contribution is 2.38. The van der Waals surface area contributed by atoms with Gasteiger partial charge in [0, 0.05) is 21.2 Å². The fourth-order valence-corrected chi connectivity index (χ4v) is 5.21. The lowest BCUT2D eigenvalue weighted by atomic mass is 10.1. The largest absolute Gasteiger partial charge is 0.486 e. The number of carboxylic acids is 1. The number of nitrogens with one attached hydrogen (secondary N) is 1. The number of anilines is 2. The smallest absolute Gasteiger partial charge is 0.307 e. The molecule has 0 aliphatic carbocycles. The van der Waals surface area contributed by atoms with E-state index in [0.29, 0.717) is 23.2 Å². The molecule has 0 saturated carbocycles. The number of hydrogen-bond acceptors (Lipinski definition) is 8. The molecule has 7 nitrogen and oxygen atoms in total. The summed E-state index contributed by atoms with van der Waals surface area (Å²) in [7, 11) is 0. The van der Waals surface area contributed by atoms with Crippen molar-refractivity contribution in [3.63, 3.8) is 0 Å². The van der Waals surface area contributed by atoms with E-state index in [1.165, 1.54) is 29.0 Å². The SMILES string of the molecule is O=C(O)Cc1ccc2c(c1)sc1ncnc(Nc3ccc(OCc4cscn4)c(Cl)c3)c12. The quantitative estimate of drug-likeness (QED) is 0.298. The van der Waals surface area contributed by atoms with Crippen LogP contribution in [0.3, 0.4) is 0 Å². The second-order valence-corrected chi connectivity index (χ2v) is 9.10. The van der Waals surface area contributed by atoms with E-state index in [4.69, 9.17) is 21.4 Å². The van der Waals surface area contributed by atoms with Crippen molar-refractivity contribution in [1.29, 1.82) is 0 Å². The van der Waals surface area contributed by atoms with E-state index in [1.54, 1.807) is 17.6 Å². The van der Waals surface area contributed by atoms with Crippen LogP contribution in [0.5, 0.6) is 5.75 Å². The Hall–Kier alpha value is -3.27. The molecule has 0 aliphatic heterocycles. The monoisotopic (exact) mass is 482 g/mol. The van der Waals surface area contributed by atoms with Crippen molar-refractivity contribution in [3.05, 3.63) is 69.9 Å². The van der Waals surface area contributed by atoms with E-state index in [2.05, 4.69) is 20.3 Å². The summed E-state index contributed by atoms with van der Waals surface area (Å²) in [5, 5.41) is 16.6. The van der Waals surface area contributed by atoms with Crippen LogP contribution in [0.1, 0.15) is 11.3 Å². The van der Waals surface area contributed by atoms with Crippen LogP contribution in [-0.2, 0) is 17.8 Å². The standard InChI is InChI=1S/C22H15ClN4O3S2/c23-16-7-13(2-4-17(16)30-8-14-9-31-11-26-14)27-21-20-15-3-1-12(6-19(28)29)5-18(15)32-22(20)25-10-24-21/h1-5,7,9-11H,6,8H2,(H,28,29)(H,24,25,27). The molecule has 0 radical (unpaired) electrons. The Morgan fingerprint density at radius 3 is 2.84 bits per heavy atom. The third-order valence-electron chi connectivity index (χ3n) is 4.74. The number of nitrogens with zero attached hydrogens (tertiary/aromatic N) is 3. The Bertz CT molecular complexity index is 1440. The van der Waals surface area contributed by atoms with Gasteiger partial charge in [0.05, 0.1) is 28.0 Å². The van der Waals surface area contributed by atoms with Gasteiger partial charge < -0.3 is 15.2 Å². The van der Waals surface area contributed by atoms with Gasteiger partial charge in [0.15, 0.2) is 0 Å². The van der Waals surface area contributed by atoms with E-state index in [0.717, 1.165) is 37.2 Å². The highest BCUT2D eigenvalue weighted by Gasteiger charge is 2.14. The molecule has 0 atom stereocenters. The van der Waals surface area contributed by atoms with Crippen LogP contribution in [0.15, 0.2) is 53.6 Å². The Balaban J connectivity index is 1.43. The Morgan fingerprint density at radius 2 is 2.06 bits per heavy atom. The van der Waals surface area contributed by atoms with E-state index in [1.807, 2.05) is 29.6 Å². The number of carboxylic acid groups (broad SMARTS) is 1. The zero-order chi connectivity index (χ0) is 22.1. The lowest BCUT2D eigenvalue weighted by Gasteiger charge is -2.11. The molecule has 160 valence electrons. The van der Waals surface area contributed by atoms with Gasteiger partial charge in [-0.05, 0) is 29.8 Å². The Labute approximate surface area is 195 Å². The molecule has 0 fully saturated rings. The van der Waals surface area contributed by atoms with Gasteiger partial charge in [-0.25, -0.2) is 15.0 Å². The molecule has 5 rings (SSSR count). The summed E-state index contributed by atoms with van der Waals surface area (Å²) >= 11 is 9.45. The first kappa shape index (κ1) is 20.6. The summed E-state index contributed by atoms with van der Waals surface area (Å²) in [6.07, 6.45) is 1.49. The minimum Gasteiger partial charge on any atom is -0.486 e. The molecule has 0 spiro atoms. The molecular formula is C22H15ClN4O3S2. The van der Waals surface area contributed by atoms with Crippen LogP contribution in [0, 0.1) is 0 Å². The van der Waals surface area contributed by atoms with Crippen molar-refractivity contribution >= 4 is 72.1 Å². The average molecular weight is 483 g/mol. The first-order chi connectivity index (χ1) is 15.6. The molecule has 0 amide bonds. The van der Waals surface area contributed by atoms with Crippen LogP contribution < -0.4 is 10.1 Å². The number of rotatable bonds is 7. The topological polar surface area (TPSA) is 97.2 Å². The third-order valence-corrected chi connectivity index (χ3v) is 6.73. The zero-order valence-corrected chi connectivity index (χ0v) is 18.8. The van der Waals surface area contributed by atoms with Gasteiger partial charge in [0.25, 0.3) is 0 Å². The highest BCUT2D eigenvalue weighted by atomic mass is 35.5. The first-order valence-electron chi connectivity index (χ1n) is 9.51. The molecule has 0 saturated heterocycles. The van der Waals surface area contributed by atoms with E-state index in [-0.39, 0.29) is 6.42 Å². The number of thiophene rings is 1. The van der Waals surface area contributed by atoms with Gasteiger partial charge in [-0.2, -0.15) is 0 Å². The van der Waals surface area contributed by atoms with Crippen molar-refractivity contribution in [2.45, 2.75) is 13.0 Å². The van der Waals surface area contributed by atoms with Crippen molar-refractivity contribution in [1.82, 2.24) is 15.0 Å². The van der Waals surface area contributed by atoms with Gasteiger partial charge in [-0.3, -0.25) is 4.79 Å². The number of aliphatic carboxylic acids is 1. The highest BCUT2D eigenvalue weighted by molar-refractivity contribution is 7.25. The van der Waals surface area contributed by atoms with Gasteiger partial charge in [-0.1, -0.05) is 23.7 Å². The maximum absolute atomic E-state index is 11.0. The maximum Gasteiger partial charge on any atom is 0.307 e. The molecule has 3 heterocycles. The number of hydrogen-bond donors (Lipinski definition) is 2. The number of benzene rings is 2. The number of ether oxygens (including phenoxy) is 1. The van der Waals surface area contributed by atoms with Gasteiger partial charge in [0.1, 0.15) is 29.3 Å². The third kappa shape index (κ3) is 4.22. The van der Waals surface area contributed by atoms with Crippen LogP contribution in [-0.4, -0.2) is 26.0 Å². The van der Waals surface area contributed by atoms with Crippen molar-refractivity contribution in [3.8, 4) is 5.75 Å². The number of aromatic nitrogens is 3. The van der Waals surface area contributed by atoms with Crippen LogP contribution in [0.2, 0.25) is 5.02 Å². The molecule has 0 bridgehead atoms. The predicted octanol–water partition coefficient (Wildman–Crippen LogP) is 5.90. The first-order valence-corrected chi connectivity index (χ1v) is 11.6. The van der Waals surface area contributed by atoms with Gasteiger partial charge in [-0.15, -0.1) is 22.7 Å². The van der Waals surface area contributed by atoms with E-state index < -0.39 is 5.97 Å². The molecular weight excluding hydrogens is 468 g/mol. The average Bonchev–Trinajstić information content (AvgIpc) is 3.40. The Kier molecular flexibility index (Phi) is 5.60. The molecule has 2 aromatic carbocycles. The lowest BCUT2D eigenvalue weighted by molar-refractivity contribution is -0.136. The summed E-state index contributed by atoms with van der Waals surface area (Å²) in [4.78, 5) is 24.9. The van der Waals surface area contributed by atoms with Gasteiger partial charge in [0.2, 0.25) is 0 Å². The minimum atomic E-state index is -0.858. The van der Waals surface area contributed by atoms with E-state index in [9.17, 15) is 4.79 Å². The Morgan fingerprint density at radius 1 is 1.16 bits per heavy atom. The number of thiazole rings is 1. The van der Waals surface area contributed by atoms with Crippen molar-refractivity contribution in [2.75, 3.05) is 5.32 Å². The second-order valence-electron chi connectivity index (χ2n) is 6.94. The molecule has 0 unspecified atom stereocenters. The number of carbonyl (C=O) groups is 1. The number of halogens is 1. The van der Waals surface area contributed by atoms with Crippen LogP contribution >= 0.6 is 34.3 Å². The van der Waals surface area contributed by atoms with Gasteiger partial charge >= 0.3 is 5.97 Å². The van der Waals surface area contributed by atoms with Crippen molar-refractivity contribution in [2.24, 2.45) is 0 Å².